The average molecular weight is 353 g/mol. The maximum absolute atomic E-state index is 13.2. The van der Waals surface area contributed by atoms with Crippen LogP contribution in [0.25, 0.3) is 0 Å². The molecule has 0 radical (unpaired) electrons. The van der Waals surface area contributed by atoms with Crippen LogP contribution in [0.3, 0.4) is 0 Å². The molecular formula is C21H17ClO3. The van der Waals surface area contributed by atoms with Gasteiger partial charge in [0, 0.05) is 16.4 Å². The molecule has 0 spiro atoms. The number of ether oxygens (including phenoxy) is 1. The number of carbonyl (C=O) groups excluding carboxylic acids is 2. The van der Waals surface area contributed by atoms with Gasteiger partial charge in [-0.25, -0.2) is 0 Å². The molecule has 0 N–H and O–H groups in total. The number of hydrogen-bond acceptors (Lipinski definition) is 3. The van der Waals surface area contributed by atoms with Gasteiger partial charge in [0.25, 0.3) is 0 Å². The van der Waals surface area contributed by atoms with E-state index in [1.165, 1.54) is 0 Å². The Kier molecular flexibility index (Phi) is 2.70. The first-order chi connectivity index (χ1) is 11.9. The molecule has 1 aliphatic heterocycles. The second-order valence-corrected chi connectivity index (χ2v) is 8.09. The fourth-order valence-corrected chi connectivity index (χ4v) is 5.31. The fourth-order valence-electron chi connectivity index (χ4n) is 5.19. The van der Waals surface area contributed by atoms with Crippen molar-refractivity contribution in [3.05, 3.63) is 70.7 Å². The molecule has 126 valence electrons. The van der Waals surface area contributed by atoms with Crippen LogP contribution in [-0.4, -0.2) is 23.3 Å². The van der Waals surface area contributed by atoms with Gasteiger partial charge in [0.1, 0.15) is 0 Å². The standard InChI is InChI=1S/C21H17ClO3/c1-19-15(16(23)20(2)18(25-20)17(19)24)21(19,12-6-4-3-5-7-12)13-8-10-14(22)11-9-13/h3-11,15,18H,1-2H3/t15-,18?,19+,20?,21-/m1/s1. The summed E-state index contributed by atoms with van der Waals surface area (Å²) in [5.74, 6) is -0.323. The fraction of sp³-hybridized carbons (Fsp3) is 0.333. The van der Waals surface area contributed by atoms with Gasteiger partial charge in [0.05, 0.1) is 5.41 Å². The van der Waals surface area contributed by atoms with E-state index in [0.717, 1.165) is 11.1 Å². The van der Waals surface area contributed by atoms with Gasteiger partial charge >= 0.3 is 0 Å². The summed E-state index contributed by atoms with van der Waals surface area (Å²) in [6, 6.07) is 17.4. The molecule has 25 heavy (non-hydrogen) atoms. The third-order valence-electron chi connectivity index (χ3n) is 6.58. The van der Waals surface area contributed by atoms with Crippen LogP contribution in [0.15, 0.2) is 54.6 Å². The molecule has 2 unspecified atom stereocenters. The molecule has 2 aromatic rings. The maximum Gasteiger partial charge on any atom is 0.172 e. The van der Waals surface area contributed by atoms with E-state index in [-0.39, 0.29) is 11.6 Å². The molecule has 0 bridgehead atoms. The minimum Gasteiger partial charge on any atom is -0.350 e. The second-order valence-electron chi connectivity index (χ2n) is 7.65. The molecule has 2 aromatic carbocycles. The van der Waals surface area contributed by atoms with E-state index < -0.39 is 28.5 Å². The Morgan fingerprint density at radius 1 is 0.880 bits per heavy atom. The van der Waals surface area contributed by atoms with Gasteiger partial charge in [0.2, 0.25) is 0 Å². The van der Waals surface area contributed by atoms with E-state index in [9.17, 15) is 9.59 Å². The Hall–Kier alpha value is -1.97. The monoisotopic (exact) mass is 352 g/mol. The van der Waals surface area contributed by atoms with Crippen LogP contribution in [0.4, 0.5) is 0 Å². The molecule has 3 nitrogen and oxygen atoms in total. The number of carbonyl (C=O) groups is 2. The van der Waals surface area contributed by atoms with Crippen molar-refractivity contribution < 1.29 is 14.3 Å². The zero-order valence-corrected chi connectivity index (χ0v) is 14.7. The minimum atomic E-state index is -0.940. The lowest BCUT2D eigenvalue weighted by Crippen LogP contribution is -2.39. The number of halogens is 1. The summed E-state index contributed by atoms with van der Waals surface area (Å²) < 4.78 is 5.52. The summed E-state index contributed by atoms with van der Waals surface area (Å²) in [6.07, 6.45) is -0.598. The van der Waals surface area contributed by atoms with Crippen LogP contribution in [-0.2, 0) is 19.7 Å². The SMILES string of the molecule is CC12OC1C(=O)[C@]1(C)[C@@H](C2=O)[C@@]1(c1ccccc1)c1ccc(Cl)cc1. The highest BCUT2D eigenvalue weighted by Gasteiger charge is 2.90. The van der Waals surface area contributed by atoms with E-state index in [1.807, 2.05) is 61.5 Å². The molecule has 0 aromatic heterocycles. The largest absolute Gasteiger partial charge is 0.350 e. The molecule has 3 aliphatic rings. The molecule has 1 heterocycles. The summed E-state index contributed by atoms with van der Waals surface area (Å²) in [4.78, 5) is 26.4. The van der Waals surface area contributed by atoms with Gasteiger partial charge in [-0.15, -0.1) is 0 Å². The van der Waals surface area contributed by atoms with Gasteiger partial charge in [-0.3, -0.25) is 9.59 Å². The second kappa shape index (κ2) is 4.40. The molecule has 4 heteroatoms. The summed E-state index contributed by atoms with van der Waals surface area (Å²) in [5, 5.41) is 0.636. The Bertz CT molecular complexity index is 920. The molecule has 5 rings (SSSR count). The highest BCUT2D eigenvalue weighted by atomic mass is 35.5. The number of benzene rings is 2. The number of hydrogen-bond donors (Lipinski definition) is 0. The van der Waals surface area contributed by atoms with Crippen molar-refractivity contribution in [1.29, 1.82) is 0 Å². The molecule has 3 fully saturated rings. The smallest absolute Gasteiger partial charge is 0.172 e. The molecule has 5 atom stereocenters. The topological polar surface area (TPSA) is 46.7 Å². The van der Waals surface area contributed by atoms with E-state index in [0.29, 0.717) is 5.02 Å². The van der Waals surface area contributed by atoms with E-state index >= 15 is 0 Å². The molecular weight excluding hydrogens is 336 g/mol. The Labute approximate surface area is 150 Å². The lowest BCUT2D eigenvalue weighted by atomic mass is 9.78. The third kappa shape index (κ3) is 1.53. The van der Waals surface area contributed by atoms with Crippen LogP contribution in [0.1, 0.15) is 25.0 Å². The Balaban J connectivity index is 1.78. The first kappa shape index (κ1) is 15.3. The Morgan fingerprint density at radius 2 is 1.48 bits per heavy atom. The first-order valence-corrected chi connectivity index (χ1v) is 8.84. The zero-order valence-electron chi connectivity index (χ0n) is 14.0. The van der Waals surface area contributed by atoms with E-state index in [4.69, 9.17) is 16.3 Å². The van der Waals surface area contributed by atoms with Gasteiger partial charge in [-0.05, 0) is 30.2 Å². The zero-order chi connectivity index (χ0) is 17.6. The minimum absolute atomic E-state index is 0.0402. The lowest BCUT2D eigenvalue weighted by Gasteiger charge is -2.23. The number of epoxide rings is 1. The Morgan fingerprint density at radius 3 is 2.12 bits per heavy atom. The normalized spacial score (nSPS) is 41.1. The van der Waals surface area contributed by atoms with Crippen LogP contribution in [0, 0.1) is 11.3 Å². The summed E-state index contributed by atoms with van der Waals surface area (Å²) in [5.41, 5.74) is -0.407. The predicted octanol–water partition coefficient (Wildman–Crippen LogP) is 3.57. The van der Waals surface area contributed by atoms with Crippen molar-refractivity contribution in [2.45, 2.75) is 31.0 Å². The van der Waals surface area contributed by atoms with Crippen molar-refractivity contribution >= 4 is 23.2 Å². The van der Waals surface area contributed by atoms with E-state index in [2.05, 4.69) is 0 Å². The maximum atomic E-state index is 13.2. The molecule has 1 saturated heterocycles. The van der Waals surface area contributed by atoms with Crippen LogP contribution < -0.4 is 0 Å². The quantitative estimate of drug-likeness (QED) is 0.776. The summed E-state index contributed by atoms with van der Waals surface area (Å²) in [7, 11) is 0. The van der Waals surface area contributed by atoms with Crippen molar-refractivity contribution in [2.75, 3.05) is 0 Å². The van der Waals surface area contributed by atoms with Crippen molar-refractivity contribution in [2.24, 2.45) is 11.3 Å². The molecule has 0 amide bonds. The number of fused-ring (bicyclic) bond motifs is 2. The number of ketones is 2. The average Bonchev–Trinajstić information content (AvgIpc) is 3.47. The van der Waals surface area contributed by atoms with Crippen molar-refractivity contribution in [1.82, 2.24) is 0 Å². The lowest BCUT2D eigenvalue weighted by molar-refractivity contribution is -0.132. The predicted molar refractivity (Wildman–Crippen MR) is 93.6 cm³/mol. The van der Waals surface area contributed by atoms with Crippen LogP contribution in [0.2, 0.25) is 5.02 Å². The van der Waals surface area contributed by atoms with Crippen molar-refractivity contribution in [3.8, 4) is 0 Å². The number of Topliss-reactive ketones (excluding diaryl/α,β-unsaturated/α-hetero) is 2. The highest BCUT2D eigenvalue weighted by Crippen LogP contribution is 2.78. The van der Waals surface area contributed by atoms with Crippen LogP contribution >= 0.6 is 11.6 Å². The van der Waals surface area contributed by atoms with Gasteiger partial charge in [0.15, 0.2) is 23.3 Å². The van der Waals surface area contributed by atoms with E-state index in [1.54, 1.807) is 6.92 Å². The van der Waals surface area contributed by atoms with Gasteiger partial charge < -0.3 is 4.74 Å². The van der Waals surface area contributed by atoms with Crippen LogP contribution in [0.5, 0.6) is 0 Å². The summed E-state index contributed by atoms with van der Waals surface area (Å²) >= 11 is 6.07. The van der Waals surface area contributed by atoms with Gasteiger partial charge in [-0.2, -0.15) is 0 Å². The summed E-state index contributed by atoms with van der Waals surface area (Å²) in [6.45, 7) is 3.66. The molecule has 2 aliphatic carbocycles. The molecule has 2 saturated carbocycles. The number of rotatable bonds is 2. The highest BCUT2D eigenvalue weighted by molar-refractivity contribution is 6.30. The van der Waals surface area contributed by atoms with Gasteiger partial charge in [-0.1, -0.05) is 61.0 Å². The first-order valence-electron chi connectivity index (χ1n) is 8.46. The van der Waals surface area contributed by atoms with Crippen molar-refractivity contribution in [3.63, 3.8) is 0 Å². The third-order valence-corrected chi connectivity index (χ3v) is 6.83.